The van der Waals surface area contributed by atoms with Gasteiger partial charge in [0, 0.05) is 32.3 Å². The van der Waals surface area contributed by atoms with Crippen LogP contribution in [0.15, 0.2) is 200 Å². The fraction of sp³-hybridized carbons (Fsp3) is 0. The summed E-state index contributed by atoms with van der Waals surface area (Å²) < 4.78 is 25.9. The highest BCUT2D eigenvalue weighted by atomic mass is 16.4. The lowest BCUT2D eigenvalue weighted by Crippen LogP contribution is -1.81. The maximum Gasteiger partial charge on any atom is 0.147 e. The lowest BCUT2D eigenvalue weighted by Gasteiger charge is -2.06. The Morgan fingerprint density at radius 2 is 0.517 bits per heavy atom. The number of rotatable bonds is 4. The zero-order valence-corrected chi connectivity index (χ0v) is 31.0. The average Bonchev–Trinajstić information content (AvgIpc) is 4.05. The van der Waals surface area contributed by atoms with Crippen LogP contribution < -0.4 is 0 Å². The molecule has 0 fully saturated rings. The standard InChI is InChI=1S/C54H30O4/c1-3-7-31(8-4-1)35-15-21-45-41(27-35)39-19-25-49-51(53(39)57-45)43-29-37(17-23-47(43)55-49)33-11-13-34(14-12-33)38-18-24-48-44(30-38)52-50(56-48)26-20-40-42-28-36(32-9-5-2-6-10-32)16-22-46(42)58-54(40)52/h1-30H. The predicted molar refractivity (Wildman–Crippen MR) is 237 cm³/mol. The van der Waals surface area contributed by atoms with Crippen LogP contribution in [0.25, 0.3) is 132 Å². The van der Waals surface area contributed by atoms with Crippen LogP contribution in [-0.2, 0) is 0 Å². The van der Waals surface area contributed by atoms with Crippen molar-refractivity contribution in [2.45, 2.75) is 0 Å². The summed E-state index contributed by atoms with van der Waals surface area (Å²) in [4.78, 5) is 0. The summed E-state index contributed by atoms with van der Waals surface area (Å²) in [6.07, 6.45) is 0. The topological polar surface area (TPSA) is 52.6 Å². The van der Waals surface area contributed by atoms with Gasteiger partial charge in [0.05, 0.1) is 10.8 Å². The molecule has 13 rings (SSSR count). The zero-order chi connectivity index (χ0) is 37.9. The summed E-state index contributed by atoms with van der Waals surface area (Å²) in [6.45, 7) is 0. The van der Waals surface area contributed by atoms with Crippen LogP contribution in [0.4, 0.5) is 0 Å². The van der Waals surface area contributed by atoms with E-state index in [9.17, 15) is 0 Å². The molecule has 0 unspecified atom stereocenters. The maximum atomic E-state index is 6.57. The molecule has 4 heteroatoms. The van der Waals surface area contributed by atoms with Crippen LogP contribution in [0.5, 0.6) is 0 Å². The van der Waals surface area contributed by atoms with Crippen molar-refractivity contribution < 1.29 is 17.7 Å². The van der Waals surface area contributed by atoms with E-state index in [0.29, 0.717) is 0 Å². The minimum Gasteiger partial charge on any atom is -0.456 e. The van der Waals surface area contributed by atoms with Gasteiger partial charge in [0.15, 0.2) is 0 Å². The highest BCUT2D eigenvalue weighted by Gasteiger charge is 2.19. The van der Waals surface area contributed by atoms with E-state index in [1.54, 1.807) is 0 Å². The lowest BCUT2D eigenvalue weighted by molar-refractivity contribution is 0.662. The Morgan fingerprint density at radius 1 is 0.207 bits per heavy atom. The summed E-state index contributed by atoms with van der Waals surface area (Å²) in [6, 6.07) is 63.8. The van der Waals surface area contributed by atoms with Crippen molar-refractivity contribution in [2.75, 3.05) is 0 Å². The Balaban J connectivity index is 0.882. The monoisotopic (exact) mass is 742 g/mol. The van der Waals surface area contributed by atoms with Gasteiger partial charge in [-0.2, -0.15) is 0 Å². The summed E-state index contributed by atoms with van der Waals surface area (Å²) >= 11 is 0. The molecule has 0 aliphatic rings. The largest absolute Gasteiger partial charge is 0.456 e. The van der Waals surface area contributed by atoms with Crippen LogP contribution in [0, 0.1) is 0 Å². The second-order valence-electron chi connectivity index (χ2n) is 15.2. The normalized spacial score (nSPS) is 12.1. The van der Waals surface area contributed by atoms with Crippen LogP contribution in [0.2, 0.25) is 0 Å². The van der Waals surface area contributed by atoms with Gasteiger partial charge in [0.1, 0.15) is 44.7 Å². The molecule has 4 aromatic heterocycles. The third-order valence-electron chi connectivity index (χ3n) is 11.9. The predicted octanol–water partition coefficient (Wildman–Crippen LogP) is 16.0. The summed E-state index contributed by atoms with van der Waals surface area (Å²) in [5.74, 6) is 0. The first-order valence-corrected chi connectivity index (χ1v) is 19.5. The first-order chi connectivity index (χ1) is 28.7. The lowest BCUT2D eigenvalue weighted by atomic mass is 9.97. The van der Waals surface area contributed by atoms with Crippen molar-refractivity contribution in [3.05, 3.63) is 182 Å². The van der Waals surface area contributed by atoms with Crippen molar-refractivity contribution in [1.82, 2.24) is 0 Å². The molecule has 4 heterocycles. The van der Waals surface area contributed by atoms with Gasteiger partial charge in [0.25, 0.3) is 0 Å². The Bertz CT molecular complexity index is 3520. The van der Waals surface area contributed by atoms with E-state index in [1.165, 1.54) is 11.1 Å². The Hall–Kier alpha value is -7.82. The molecule has 0 aliphatic carbocycles. The minimum absolute atomic E-state index is 0.816. The molecular formula is C54H30O4. The number of furan rings is 4. The summed E-state index contributed by atoms with van der Waals surface area (Å²) in [5, 5.41) is 8.43. The molecule has 58 heavy (non-hydrogen) atoms. The van der Waals surface area contributed by atoms with Crippen molar-refractivity contribution in [1.29, 1.82) is 0 Å². The molecule has 13 aromatic rings. The Morgan fingerprint density at radius 3 is 0.914 bits per heavy atom. The van der Waals surface area contributed by atoms with Gasteiger partial charge in [-0.1, -0.05) is 109 Å². The van der Waals surface area contributed by atoms with Gasteiger partial charge in [-0.25, -0.2) is 0 Å². The Labute approximate surface area is 330 Å². The third kappa shape index (κ3) is 4.63. The molecule has 0 spiro atoms. The molecule has 0 bridgehead atoms. The zero-order valence-electron chi connectivity index (χ0n) is 31.0. The number of fused-ring (bicyclic) bond motifs is 14. The van der Waals surface area contributed by atoms with E-state index in [0.717, 1.165) is 121 Å². The van der Waals surface area contributed by atoms with Crippen molar-refractivity contribution in [3.63, 3.8) is 0 Å². The van der Waals surface area contributed by atoms with Crippen molar-refractivity contribution in [2.24, 2.45) is 0 Å². The van der Waals surface area contributed by atoms with E-state index >= 15 is 0 Å². The summed E-state index contributed by atoms with van der Waals surface area (Å²) in [7, 11) is 0. The molecule has 0 atom stereocenters. The quantitative estimate of drug-likeness (QED) is 0.180. The molecule has 4 nitrogen and oxygen atoms in total. The molecule has 9 aromatic carbocycles. The highest BCUT2D eigenvalue weighted by molar-refractivity contribution is 6.24. The molecule has 0 saturated carbocycles. The van der Waals surface area contributed by atoms with Crippen LogP contribution in [-0.4, -0.2) is 0 Å². The molecule has 0 aliphatic heterocycles. The van der Waals surface area contributed by atoms with E-state index in [-0.39, 0.29) is 0 Å². The Kier molecular flexibility index (Phi) is 6.41. The number of hydrogen-bond acceptors (Lipinski definition) is 4. The van der Waals surface area contributed by atoms with Crippen molar-refractivity contribution >= 4 is 87.8 Å². The van der Waals surface area contributed by atoms with Crippen LogP contribution >= 0.6 is 0 Å². The van der Waals surface area contributed by atoms with E-state index in [4.69, 9.17) is 17.7 Å². The van der Waals surface area contributed by atoms with Crippen LogP contribution in [0.3, 0.4) is 0 Å². The van der Waals surface area contributed by atoms with Gasteiger partial charge in [-0.3, -0.25) is 0 Å². The van der Waals surface area contributed by atoms with E-state index in [1.807, 2.05) is 12.1 Å². The van der Waals surface area contributed by atoms with E-state index in [2.05, 4.69) is 170 Å². The van der Waals surface area contributed by atoms with Gasteiger partial charge in [-0.05, 0) is 117 Å². The molecule has 0 saturated heterocycles. The number of hydrogen-bond donors (Lipinski definition) is 0. The van der Waals surface area contributed by atoms with Gasteiger partial charge in [-0.15, -0.1) is 0 Å². The second-order valence-corrected chi connectivity index (χ2v) is 15.2. The highest BCUT2D eigenvalue weighted by Crippen LogP contribution is 2.43. The van der Waals surface area contributed by atoms with Gasteiger partial charge >= 0.3 is 0 Å². The maximum absolute atomic E-state index is 6.57. The molecule has 0 N–H and O–H groups in total. The smallest absolute Gasteiger partial charge is 0.147 e. The fourth-order valence-electron chi connectivity index (χ4n) is 9.02. The second kappa shape index (κ2) is 11.8. The molecular weight excluding hydrogens is 713 g/mol. The SMILES string of the molecule is c1ccc(-c2ccc3oc4c(ccc5oc6ccc(-c7ccc(-c8ccc9oc%10ccc%11c%12cc(-c%13ccccc%13)ccc%12oc%11c%10c9c8)cc7)cc6c54)c3c2)cc1. The average molecular weight is 743 g/mol. The number of benzene rings is 9. The first kappa shape index (κ1) is 31.4. The van der Waals surface area contributed by atoms with E-state index < -0.39 is 0 Å². The third-order valence-corrected chi connectivity index (χ3v) is 11.9. The first-order valence-electron chi connectivity index (χ1n) is 19.5. The molecule has 0 radical (unpaired) electrons. The minimum atomic E-state index is 0.816. The fourth-order valence-corrected chi connectivity index (χ4v) is 9.02. The molecule has 270 valence electrons. The van der Waals surface area contributed by atoms with Gasteiger partial charge in [0.2, 0.25) is 0 Å². The van der Waals surface area contributed by atoms with Gasteiger partial charge < -0.3 is 17.7 Å². The van der Waals surface area contributed by atoms with Crippen LogP contribution in [0.1, 0.15) is 0 Å². The molecule has 0 amide bonds. The summed E-state index contributed by atoms with van der Waals surface area (Å²) in [5.41, 5.74) is 15.9. The van der Waals surface area contributed by atoms with Crippen molar-refractivity contribution in [3.8, 4) is 44.5 Å².